The maximum Gasteiger partial charge on any atom is 0.255 e. The van der Waals surface area contributed by atoms with E-state index in [2.05, 4.69) is 0 Å². The smallest absolute Gasteiger partial charge is 0.255 e. The molecule has 10 nitrogen and oxygen atoms in total. The minimum atomic E-state index is -2.06. The number of primary amides is 1. The van der Waals surface area contributed by atoms with Crippen LogP contribution in [0.25, 0.3) is 11.8 Å². The van der Waals surface area contributed by atoms with Crippen molar-refractivity contribution in [2.24, 2.45) is 17.6 Å². The van der Waals surface area contributed by atoms with Crippen molar-refractivity contribution >= 4 is 52.3 Å². The largest absolute Gasteiger partial charge is 0.508 e. The van der Waals surface area contributed by atoms with Gasteiger partial charge in [0.05, 0.1) is 12.7 Å². The lowest BCUT2D eigenvalue weighted by Crippen LogP contribution is -2.58. The number of aliphatic hydroxyl groups is 2. The maximum absolute atomic E-state index is 13.9. The topological polar surface area (TPSA) is 177 Å². The molecule has 0 radical (unpaired) electrons. The van der Waals surface area contributed by atoms with Crippen molar-refractivity contribution in [1.82, 2.24) is 0 Å². The van der Waals surface area contributed by atoms with E-state index in [4.69, 9.17) is 13.5 Å². The molecule has 0 heterocycles. The first-order chi connectivity index (χ1) is 19.0. The van der Waals surface area contributed by atoms with Gasteiger partial charge >= 0.3 is 0 Å². The summed E-state index contributed by atoms with van der Waals surface area (Å²) in [5, 5.41) is 42.8. The van der Waals surface area contributed by atoms with Crippen molar-refractivity contribution in [2.75, 3.05) is 7.11 Å². The average Bonchev–Trinajstić information content (AvgIpc) is 2.90. The summed E-state index contributed by atoms with van der Waals surface area (Å²) in [6, 6.07) is 8.16. The number of phenolic OH excluding ortho intramolecular Hbond substituents is 2. The molecule has 5 rings (SSSR count). The number of allylic oxidation sites excluding steroid dienone is 1. The van der Waals surface area contributed by atoms with Gasteiger partial charge in [0.25, 0.3) is 5.91 Å². The second-order valence-electron chi connectivity index (χ2n) is 10.1. The minimum absolute atomic E-state index is 0.0363. The van der Waals surface area contributed by atoms with Gasteiger partial charge in [-0.2, -0.15) is 0 Å². The highest BCUT2D eigenvalue weighted by Crippen LogP contribution is 2.54. The fraction of sp³-hybridized carbons (Fsp3) is 0.276. The molecular formula is C29H26INO9. The first-order valence-electron chi connectivity index (χ1n) is 12.5. The van der Waals surface area contributed by atoms with E-state index in [1.165, 1.54) is 36.2 Å². The van der Waals surface area contributed by atoms with Gasteiger partial charge in [-0.05, 0) is 60.1 Å². The quantitative estimate of drug-likeness (QED) is 0.228. The van der Waals surface area contributed by atoms with E-state index in [-0.39, 0.29) is 41.9 Å². The number of Topliss-reactive ketones (excluding diaryl/α,β-unsaturated/α-hetero) is 2. The third-order valence-electron chi connectivity index (χ3n) is 7.97. The van der Waals surface area contributed by atoms with Crippen LogP contribution >= 0.6 is 23.0 Å². The van der Waals surface area contributed by atoms with E-state index in [1.807, 2.05) is 12.2 Å². The molecule has 0 unspecified atom stereocenters. The second kappa shape index (κ2) is 10.3. The Balaban J connectivity index is 1.56. The molecule has 3 aliphatic carbocycles. The number of benzene rings is 2. The van der Waals surface area contributed by atoms with Gasteiger partial charge < -0.3 is 30.9 Å². The lowest BCUT2D eigenvalue weighted by Gasteiger charge is -2.47. The molecule has 0 saturated heterocycles. The summed E-state index contributed by atoms with van der Waals surface area (Å²) < 4.78 is 10.7. The van der Waals surface area contributed by atoms with Crippen LogP contribution in [0.4, 0.5) is 0 Å². The lowest BCUT2D eigenvalue weighted by molar-refractivity contribution is -0.140. The number of aromatic hydroxyl groups is 2. The Bertz CT molecular complexity index is 1560. The highest BCUT2D eigenvalue weighted by atomic mass is 127. The monoisotopic (exact) mass is 659 g/mol. The number of carbonyl (C=O) groups excluding carboxylic acids is 3. The van der Waals surface area contributed by atoms with Crippen molar-refractivity contribution in [3.05, 3.63) is 75.6 Å². The van der Waals surface area contributed by atoms with Crippen molar-refractivity contribution in [2.45, 2.75) is 31.3 Å². The zero-order valence-electron chi connectivity index (χ0n) is 21.3. The van der Waals surface area contributed by atoms with Crippen molar-refractivity contribution < 1.29 is 42.6 Å². The van der Waals surface area contributed by atoms with E-state index >= 15 is 0 Å². The Morgan fingerprint density at radius 2 is 1.85 bits per heavy atom. The number of fused-ring (bicyclic) bond motifs is 3. The summed E-state index contributed by atoms with van der Waals surface area (Å²) in [5.41, 5.74) is 4.87. The number of rotatable bonds is 6. The number of halogens is 1. The van der Waals surface area contributed by atoms with Gasteiger partial charge in [0, 0.05) is 17.9 Å². The fourth-order valence-corrected chi connectivity index (χ4v) is 6.86. The maximum atomic E-state index is 13.9. The summed E-state index contributed by atoms with van der Waals surface area (Å²) in [6.07, 6.45) is 4.48. The van der Waals surface area contributed by atoms with Crippen LogP contribution in [0.15, 0.2) is 53.3 Å². The van der Waals surface area contributed by atoms with Gasteiger partial charge in [0.15, 0.2) is 17.3 Å². The third-order valence-corrected chi connectivity index (χ3v) is 8.66. The summed E-state index contributed by atoms with van der Waals surface area (Å²) in [4.78, 5) is 38.5. The molecule has 208 valence electrons. The normalized spacial score (nSPS) is 24.1. The predicted octanol–water partition coefficient (Wildman–Crippen LogP) is 3.77. The molecule has 1 fully saturated rings. The Morgan fingerprint density at radius 3 is 2.52 bits per heavy atom. The number of carbonyl (C=O) groups is 3. The molecule has 0 aliphatic heterocycles. The van der Waals surface area contributed by atoms with Crippen LogP contribution in [0.2, 0.25) is 0 Å². The summed E-state index contributed by atoms with van der Waals surface area (Å²) in [6.45, 7) is 0. The third kappa shape index (κ3) is 4.15. The number of hydrogen-bond acceptors (Lipinski definition) is 9. The number of hydrogen-bond donors (Lipinski definition) is 5. The molecule has 1 amide bonds. The number of methoxy groups -OCH3 is 1. The Labute approximate surface area is 243 Å². The molecule has 6 N–H and O–H groups in total. The van der Waals surface area contributed by atoms with Crippen molar-refractivity contribution in [3.8, 4) is 17.2 Å². The Morgan fingerprint density at radius 1 is 1.12 bits per heavy atom. The lowest BCUT2D eigenvalue weighted by atomic mass is 9.59. The van der Waals surface area contributed by atoms with E-state index < -0.39 is 52.0 Å². The van der Waals surface area contributed by atoms with Crippen LogP contribution in [0, 0.1) is 11.8 Å². The Hall–Kier alpha value is -3.84. The summed E-state index contributed by atoms with van der Waals surface area (Å²) in [5.74, 6) is -5.08. The van der Waals surface area contributed by atoms with Crippen LogP contribution in [0.1, 0.15) is 35.1 Å². The van der Waals surface area contributed by atoms with E-state index in [0.29, 0.717) is 17.7 Å². The molecule has 3 aliphatic rings. The van der Waals surface area contributed by atoms with Crippen LogP contribution in [-0.4, -0.2) is 50.6 Å². The highest BCUT2D eigenvalue weighted by Gasteiger charge is 2.62. The van der Waals surface area contributed by atoms with Gasteiger partial charge in [-0.1, -0.05) is 24.3 Å². The zero-order valence-corrected chi connectivity index (χ0v) is 23.5. The number of phenols is 2. The van der Waals surface area contributed by atoms with Gasteiger partial charge in [-0.15, -0.1) is 0 Å². The fourth-order valence-electron chi connectivity index (χ4n) is 6.09. The molecule has 11 heteroatoms. The number of amides is 1. The number of nitrogens with two attached hydrogens (primary N) is 1. The molecule has 2 aromatic carbocycles. The molecule has 3 atom stereocenters. The SMILES string of the molecule is COc1cc(C/C=C\c2ccc(O)c3c2C[C@H]2C[C@H]4CC(=O)C(C(N)=O)=C(O)[C@@]4(OI)C(=O)C2=C3O)ccc1O. The summed E-state index contributed by atoms with van der Waals surface area (Å²) in [7, 11) is 1.47. The van der Waals surface area contributed by atoms with Crippen LogP contribution in [0.3, 0.4) is 0 Å². The molecule has 0 spiro atoms. The number of aliphatic hydroxyl groups excluding tert-OH is 2. The van der Waals surface area contributed by atoms with Crippen LogP contribution < -0.4 is 10.5 Å². The van der Waals surface area contributed by atoms with E-state index in [1.54, 1.807) is 24.3 Å². The van der Waals surface area contributed by atoms with Crippen LogP contribution in [-0.2, 0) is 30.3 Å². The van der Waals surface area contributed by atoms with Gasteiger partial charge in [0.1, 0.15) is 45.8 Å². The van der Waals surface area contributed by atoms with Crippen molar-refractivity contribution in [1.29, 1.82) is 0 Å². The first kappa shape index (κ1) is 27.7. The van der Waals surface area contributed by atoms with E-state index in [9.17, 15) is 34.8 Å². The molecular weight excluding hydrogens is 633 g/mol. The number of ether oxygens (including phenoxy) is 1. The molecule has 0 aromatic heterocycles. The van der Waals surface area contributed by atoms with Gasteiger partial charge in [-0.3, -0.25) is 17.4 Å². The van der Waals surface area contributed by atoms with Crippen LogP contribution in [0.5, 0.6) is 17.2 Å². The zero-order chi connectivity index (χ0) is 28.9. The predicted molar refractivity (Wildman–Crippen MR) is 152 cm³/mol. The average molecular weight is 659 g/mol. The first-order valence-corrected chi connectivity index (χ1v) is 13.3. The molecule has 2 aromatic rings. The summed E-state index contributed by atoms with van der Waals surface area (Å²) >= 11 is 1.45. The second-order valence-corrected chi connectivity index (χ2v) is 10.5. The standard InChI is InChI=1S/C29H26INO9/c1-39-21-9-13(5-7-18(21)32)3-2-4-14-6-8-19(33)23-17(14)11-15-10-16-12-20(34)24(28(31)38)27(37)29(16,40-30)26(36)22(15)25(23)35/h2,4-9,15-16,32-33,35,37H,3,10-12H2,1H3,(H2,31,38)/b4-2-/t15-,16+,29+/m1/s1. The van der Waals surface area contributed by atoms with Gasteiger partial charge in [0.2, 0.25) is 11.4 Å². The van der Waals surface area contributed by atoms with Crippen molar-refractivity contribution in [3.63, 3.8) is 0 Å². The number of ketones is 2. The minimum Gasteiger partial charge on any atom is -0.508 e. The highest BCUT2D eigenvalue weighted by molar-refractivity contribution is 14.1. The van der Waals surface area contributed by atoms with Gasteiger partial charge in [-0.25, -0.2) is 0 Å². The molecule has 0 bridgehead atoms. The van der Waals surface area contributed by atoms with E-state index in [0.717, 1.165) is 11.1 Å². The Kier molecular flexibility index (Phi) is 7.13. The molecule has 40 heavy (non-hydrogen) atoms. The molecule has 1 saturated carbocycles.